The minimum absolute atomic E-state index is 0.0564. The van der Waals surface area contributed by atoms with Crippen LogP contribution in [0.15, 0.2) is 42.5 Å². The first-order chi connectivity index (χ1) is 12.7. The summed E-state index contributed by atoms with van der Waals surface area (Å²) in [5.41, 5.74) is 0.762. The van der Waals surface area contributed by atoms with Crippen molar-refractivity contribution in [1.82, 2.24) is 10.2 Å². The molecule has 1 aliphatic rings. The van der Waals surface area contributed by atoms with Crippen LogP contribution in [0.2, 0.25) is 0 Å². The number of rotatable bonds is 3. The van der Waals surface area contributed by atoms with Crippen LogP contribution in [0.3, 0.4) is 0 Å². The zero-order valence-corrected chi connectivity index (χ0v) is 15.0. The van der Waals surface area contributed by atoms with Crippen LogP contribution in [-0.2, 0) is 6.42 Å². The lowest BCUT2D eigenvalue weighted by Crippen LogP contribution is -2.43. The van der Waals surface area contributed by atoms with Crippen LogP contribution in [0, 0.1) is 17.6 Å². The van der Waals surface area contributed by atoms with Crippen molar-refractivity contribution in [2.75, 3.05) is 13.6 Å². The summed E-state index contributed by atoms with van der Waals surface area (Å²) in [4.78, 5) is 13.1. The molecule has 27 heavy (non-hydrogen) atoms. The topological polar surface area (TPSA) is 32.3 Å². The van der Waals surface area contributed by atoms with Crippen molar-refractivity contribution in [1.29, 1.82) is 0 Å². The zero-order chi connectivity index (χ0) is 19.8. The molecule has 3 rings (SSSR count). The van der Waals surface area contributed by atoms with Crippen molar-refractivity contribution in [3.05, 3.63) is 59.7 Å². The number of carbonyl (C=O) groups excluding carboxylic acids is 1. The molecule has 0 radical (unpaired) electrons. The summed E-state index contributed by atoms with van der Waals surface area (Å²) in [6, 6.07) is 8.67. The fourth-order valence-electron chi connectivity index (χ4n) is 3.53. The number of nitrogens with zero attached hydrogens (tertiary/aromatic N) is 1. The van der Waals surface area contributed by atoms with E-state index < -0.39 is 42.1 Å². The lowest BCUT2D eigenvalue weighted by molar-refractivity contribution is -0.0227. The van der Waals surface area contributed by atoms with E-state index in [1.54, 1.807) is 12.1 Å². The Morgan fingerprint density at radius 3 is 2.59 bits per heavy atom. The summed E-state index contributed by atoms with van der Waals surface area (Å²) < 4.78 is 56.9. The fourth-order valence-corrected chi connectivity index (χ4v) is 3.53. The van der Waals surface area contributed by atoms with Crippen LogP contribution < -0.4 is 5.32 Å². The number of urea groups is 1. The maximum Gasteiger partial charge on any atom is 0.317 e. The third-order valence-electron chi connectivity index (χ3n) is 5.14. The number of hydrogen-bond donors (Lipinski definition) is 1. The monoisotopic (exact) mass is 380 g/mol. The first-order valence-electron chi connectivity index (χ1n) is 8.64. The second kappa shape index (κ2) is 7.21. The number of halogens is 4. The molecule has 0 spiro atoms. The van der Waals surface area contributed by atoms with Gasteiger partial charge in [-0.2, -0.15) is 0 Å². The molecule has 2 aromatic rings. The molecular weight excluding hydrogens is 360 g/mol. The molecule has 144 valence electrons. The van der Waals surface area contributed by atoms with Gasteiger partial charge in [0.2, 0.25) is 0 Å². The Morgan fingerprint density at radius 2 is 1.93 bits per heavy atom. The second-order valence-electron chi connectivity index (χ2n) is 6.79. The maximum atomic E-state index is 15.0. The Hall–Kier alpha value is -2.57. The minimum Gasteiger partial charge on any atom is -0.341 e. The van der Waals surface area contributed by atoms with Gasteiger partial charge in [-0.3, -0.25) is 0 Å². The van der Waals surface area contributed by atoms with Gasteiger partial charge in [0, 0.05) is 24.6 Å². The van der Waals surface area contributed by atoms with Gasteiger partial charge < -0.3 is 10.2 Å². The van der Waals surface area contributed by atoms with E-state index in [0.29, 0.717) is 5.56 Å². The summed E-state index contributed by atoms with van der Waals surface area (Å²) in [5, 5.41) is 2.36. The van der Waals surface area contributed by atoms with Gasteiger partial charge in [-0.15, -0.1) is 0 Å². The van der Waals surface area contributed by atoms with Crippen molar-refractivity contribution in [3.63, 3.8) is 0 Å². The molecule has 1 N–H and O–H groups in total. The molecule has 1 fully saturated rings. The number of carbonyl (C=O) groups is 1. The van der Waals surface area contributed by atoms with Gasteiger partial charge in [-0.1, -0.05) is 37.3 Å². The summed E-state index contributed by atoms with van der Waals surface area (Å²) in [5.74, 6) is -5.25. The van der Waals surface area contributed by atoms with E-state index >= 15 is 4.39 Å². The average Bonchev–Trinajstić information content (AvgIpc) is 2.86. The zero-order valence-electron chi connectivity index (χ0n) is 15.0. The Balaban J connectivity index is 1.95. The number of alkyl halides is 2. The standard InChI is InChI=1S/C20H20F4N2O/c1-12-17(26(19(27)25-2)11-20(12,23)24)10-14-6-4-8-16(18(14)22)13-5-3-7-15(21)9-13/h3-9,12,17H,10-11H2,1-2H3,(H,25,27)/t12-,17+/m1/s1. The Kier molecular flexibility index (Phi) is 5.13. The van der Waals surface area contributed by atoms with E-state index in [-0.39, 0.29) is 17.5 Å². The highest BCUT2D eigenvalue weighted by Crippen LogP contribution is 2.39. The molecule has 1 heterocycles. The first-order valence-corrected chi connectivity index (χ1v) is 8.64. The van der Waals surface area contributed by atoms with Gasteiger partial charge in [-0.05, 0) is 29.7 Å². The quantitative estimate of drug-likeness (QED) is 0.783. The van der Waals surface area contributed by atoms with Gasteiger partial charge in [0.1, 0.15) is 11.6 Å². The number of nitrogens with one attached hydrogen (secondary N) is 1. The first kappa shape index (κ1) is 19.2. The maximum absolute atomic E-state index is 15.0. The van der Waals surface area contributed by atoms with Crippen molar-refractivity contribution in [2.45, 2.75) is 25.3 Å². The van der Waals surface area contributed by atoms with Crippen molar-refractivity contribution < 1.29 is 22.4 Å². The molecule has 0 aromatic heterocycles. The van der Waals surface area contributed by atoms with Crippen LogP contribution in [0.5, 0.6) is 0 Å². The number of benzene rings is 2. The second-order valence-corrected chi connectivity index (χ2v) is 6.79. The van der Waals surface area contributed by atoms with Crippen molar-refractivity contribution >= 4 is 6.03 Å². The van der Waals surface area contributed by atoms with Crippen LogP contribution in [0.4, 0.5) is 22.4 Å². The molecule has 0 unspecified atom stereocenters. The molecule has 0 bridgehead atoms. The Bertz CT molecular complexity index is 856. The van der Waals surface area contributed by atoms with Crippen LogP contribution in [-0.4, -0.2) is 36.5 Å². The van der Waals surface area contributed by atoms with Crippen LogP contribution in [0.1, 0.15) is 12.5 Å². The Labute approximate surface area is 155 Å². The highest BCUT2D eigenvalue weighted by Gasteiger charge is 2.53. The molecule has 2 aromatic carbocycles. The van der Waals surface area contributed by atoms with Gasteiger partial charge in [0.25, 0.3) is 5.92 Å². The van der Waals surface area contributed by atoms with E-state index in [2.05, 4.69) is 5.32 Å². The summed E-state index contributed by atoms with van der Waals surface area (Å²) in [7, 11) is 1.37. The van der Waals surface area contributed by atoms with E-state index in [0.717, 1.165) is 4.90 Å². The average molecular weight is 380 g/mol. The fraction of sp³-hybridized carbons (Fsp3) is 0.350. The van der Waals surface area contributed by atoms with Gasteiger partial charge in [0.15, 0.2) is 0 Å². The SMILES string of the molecule is CNC(=O)N1CC(F)(F)[C@H](C)[C@@H]1Cc1cccc(-c2cccc(F)c2)c1F. The lowest BCUT2D eigenvalue weighted by Gasteiger charge is -2.26. The lowest BCUT2D eigenvalue weighted by atomic mass is 9.92. The predicted molar refractivity (Wildman–Crippen MR) is 94.6 cm³/mol. The van der Waals surface area contributed by atoms with Gasteiger partial charge in [-0.25, -0.2) is 22.4 Å². The normalized spacial score (nSPS) is 21.3. The highest BCUT2D eigenvalue weighted by molar-refractivity contribution is 5.75. The van der Waals surface area contributed by atoms with Crippen molar-refractivity contribution in [2.24, 2.45) is 5.92 Å². The summed E-state index contributed by atoms with van der Waals surface area (Å²) >= 11 is 0. The van der Waals surface area contributed by atoms with Gasteiger partial charge >= 0.3 is 6.03 Å². The largest absolute Gasteiger partial charge is 0.341 e. The number of amides is 2. The van der Waals surface area contributed by atoms with Crippen LogP contribution in [0.25, 0.3) is 11.1 Å². The summed E-state index contributed by atoms with van der Waals surface area (Å²) in [6.07, 6.45) is -0.0564. The Morgan fingerprint density at radius 1 is 1.22 bits per heavy atom. The molecule has 1 saturated heterocycles. The van der Waals surface area contributed by atoms with Crippen LogP contribution >= 0.6 is 0 Å². The van der Waals surface area contributed by atoms with Gasteiger partial charge in [0.05, 0.1) is 6.54 Å². The molecule has 7 heteroatoms. The van der Waals surface area contributed by atoms with E-state index in [1.807, 2.05) is 0 Å². The third-order valence-corrected chi connectivity index (χ3v) is 5.14. The van der Waals surface area contributed by atoms with E-state index in [4.69, 9.17) is 0 Å². The molecule has 3 nitrogen and oxygen atoms in total. The molecule has 2 atom stereocenters. The third kappa shape index (κ3) is 3.63. The minimum atomic E-state index is -3.05. The number of hydrogen-bond acceptors (Lipinski definition) is 1. The smallest absolute Gasteiger partial charge is 0.317 e. The summed E-state index contributed by atoms with van der Waals surface area (Å²) in [6.45, 7) is 0.658. The molecular formula is C20H20F4N2O. The number of likely N-dealkylation sites (tertiary alicyclic amines) is 1. The van der Waals surface area contributed by atoms with Crippen molar-refractivity contribution in [3.8, 4) is 11.1 Å². The van der Waals surface area contributed by atoms with E-state index in [9.17, 15) is 18.0 Å². The molecule has 0 aliphatic carbocycles. The van der Waals surface area contributed by atoms with E-state index in [1.165, 1.54) is 44.3 Å². The highest BCUT2D eigenvalue weighted by atomic mass is 19.3. The molecule has 0 saturated carbocycles. The predicted octanol–water partition coefficient (Wildman–Crippen LogP) is 4.47. The molecule has 1 aliphatic heterocycles. The molecule has 2 amide bonds.